The monoisotopic (exact) mass is 412 g/mol. The molecule has 0 saturated heterocycles. The molecule has 2 aromatic carbocycles. The molecular formula is C20H17ClN4O4. The van der Waals surface area contributed by atoms with E-state index in [4.69, 9.17) is 30.5 Å². The third-order valence-electron chi connectivity index (χ3n) is 4.31. The molecule has 0 atom stereocenters. The Bertz CT molecular complexity index is 983. The van der Waals surface area contributed by atoms with Crippen molar-refractivity contribution in [1.82, 2.24) is 9.97 Å². The van der Waals surface area contributed by atoms with Gasteiger partial charge in [0.15, 0.2) is 23.0 Å². The summed E-state index contributed by atoms with van der Waals surface area (Å²) in [5, 5.41) is 6.66. The van der Waals surface area contributed by atoms with Gasteiger partial charge < -0.3 is 29.6 Å². The van der Waals surface area contributed by atoms with E-state index in [-0.39, 0.29) is 0 Å². The predicted molar refractivity (Wildman–Crippen MR) is 108 cm³/mol. The molecule has 9 heteroatoms. The molecule has 0 spiro atoms. The molecule has 2 aliphatic rings. The molecule has 0 radical (unpaired) electrons. The first-order valence-electron chi connectivity index (χ1n) is 9.11. The van der Waals surface area contributed by atoms with E-state index < -0.39 is 0 Å². The van der Waals surface area contributed by atoms with Crippen LogP contribution in [0.4, 0.5) is 23.1 Å². The number of rotatable bonds is 4. The molecule has 29 heavy (non-hydrogen) atoms. The fraction of sp³-hybridized carbons (Fsp3) is 0.200. The molecule has 5 rings (SSSR count). The highest BCUT2D eigenvalue weighted by Gasteiger charge is 2.14. The highest BCUT2D eigenvalue weighted by atomic mass is 35.5. The zero-order valence-corrected chi connectivity index (χ0v) is 16.0. The molecule has 0 saturated carbocycles. The molecule has 2 N–H and O–H groups in total. The van der Waals surface area contributed by atoms with Crippen molar-refractivity contribution in [3.63, 3.8) is 0 Å². The maximum absolute atomic E-state index is 6.19. The summed E-state index contributed by atoms with van der Waals surface area (Å²) in [6.07, 6.45) is 0. The number of ether oxygens (including phenoxy) is 4. The van der Waals surface area contributed by atoms with Gasteiger partial charge in [0.25, 0.3) is 0 Å². The van der Waals surface area contributed by atoms with E-state index in [9.17, 15) is 0 Å². The van der Waals surface area contributed by atoms with E-state index in [1.165, 1.54) is 0 Å². The van der Waals surface area contributed by atoms with Gasteiger partial charge in [-0.2, -0.15) is 4.98 Å². The van der Waals surface area contributed by atoms with Crippen LogP contribution in [-0.4, -0.2) is 36.4 Å². The molecular weight excluding hydrogens is 396 g/mol. The largest absolute Gasteiger partial charge is 0.486 e. The van der Waals surface area contributed by atoms with Gasteiger partial charge in [-0.3, -0.25) is 0 Å². The molecule has 8 nitrogen and oxygen atoms in total. The Labute approximate surface area is 171 Å². The van der Waals surface area contributed by atoms with E-state index in [1.807, 2.05) is 36.4 Å². The van der Waals surface area contributed by atoms with Crippen molar-refractivity contribution >= 4 is 34.7 Å². The lowest BCUT2D eigenvalue weighted by Gasteiger charge is -2.19. The summed E-state index contributed by atoms with van der Waals surface area (Å²) in [7, 11) is 0. The smallest absolute Gasteiger partial charge is 0.230 e. The van der Waals surface area contributed by atoms with Crippen molar-refractivity contribution in [1.29, 1.82) is 0 Å². The first-order valence-corrected chi connectivity index (χ1v) is 9.49. The average molecular weight is 413 g/mol. The minimum Gasteiger partial charge on any atom is -0.486 e. The van der Waals surface area contributed by atoms with Crippen molar-refractivity contribution in [3.8, 4) is 23.0 Å². The van der Waals surface area contributed by atoms with E-state index >= 15 is 0 Å². The number of anilines is 4. The summed E-state index contributed by atoms with van der Waals surface area (Å²) in [5.41, 5.74) is 1.57. The van der Waals surface area contributed by atoms with Gasteiger partial charge in [0.05, 0.1) is 0 Å². The summed E-state index contributed by atoms with van der Waals surface area (Å²) in [5.74, 6) is 3.71. The molecule has 0 bridgehead atoms. The van der Waals surface area contributed by atoms with Crippen molar-refractivity contribution < 1.29 is 18.9 Å². The Kier molecular flexibility index (Phi) is 4.61. The van der Waals surface area contributed by atoms with Crippen LogP contribution in [0.15, 0.2) is 42.5 Å². The normalized spacial score (nSPS) is 14.2. The van der Waals surface area contributed by atoms with E-state index in [0.717, 1.165) is 22.9 Å². The van der Waals surface area contributed by atoms with Crippen LogP contribution in [-0.2, 0) is 0 Å². The molecule has 1 aromatic heterocycles. The van der Waals surface area contributed by atoms with Gasteiger partial charge in [0, 0.05) is 29.6 Å². The predicted octanol–water partition coefficient (Wildman–Crippen LogP) is 4.16. The molecule has 0 aliphatic carbocycles. The fourth-order valence-electron chi connectivity index (χ4n) is 3.06. The number of hydrogen-bond donors (Lipinski definition) is 2. The van der Waals surface area contributed by atoms with Gasteiger partial charge in [-0.15, -0.1) is 0 Å². The second-order valence-corrected chi connectivity index (χ2v) is 6.75. The van der Waals surface area contributed by atoms with Crippen molar-refractivity contribution in [2.75, 3.05) is 37.1 Å². The third kappa shape index (κ3) is 3.93. The van der Waals surface area contributed by atoms with Gasteiger partial charge in [0.2, 0.25) is 5.95 Å². The second-order valence-electron chi connectivity index (χ2n) is 6.37. The molecule has 0 unspecified atom stereocenters. The maximum atomic E-state index is 6.19. The van der Waals surface area contributed by atoms with Gasteiger partial charge in [0.1, 0.15) is 37.4 Å². The molecule has 0 amide bonds. The lowest BCUT2D eigenvalue weighted by atomic mass is 10.2. The first kappa shape index (κ1) is 17.7. The molecule has 0 fully saturated rings. The standard InChI is InChI=1S/C20H17ClN4O4/c21-18-11-19(22-12-1-3-14-16(9-12)28-7-5-26-14)25-20(24-18)23-13-2-4-15-17(10-13)29-8-6-27-15/h1-4,9-11H,5-8H2,(H2,22,23,24,25). The fourth-order valence-corrected chi connectivity index (χ4v) is 3.24. The summed E-state index contributed by atoms with van der Waals surface area (Å²) in [6.45, 7) is 2.15. The number of nitrogens with one attached hydrogen (secondary N) is 2. The van der Waals surface area contributed by atoms with Crippen LogP contribution in [0.25, 0.3) is 0 Å². The SMILES string of the molecule is Clc1cc(Nc2ccc3c(c2)OCCO3)nc(Nc2ccc3c(c2)OCCO3)n1. The zero-order valence-electron chi connectivity index (χ0n) is 15.3. The first-order chi connectivity index (χ1) is 14.2. The van der Waals surface area contributed by atoms with Crippen LogP contribution in [0.3, 0.4) is 0 Å². The Balaban J connectivity index is 1.36. The van der Waals surface area contributed by atoms with Gasteiger partial charge in [-0.25, -0.2) is 4.98 Å². The Morgan fingerprint density at radius 2 is 1.21 bits per heavy atom. The Hall–Kier alpha value is -3.39. The molecule has 2 aliphatic heterocycles. The highest BCUT2D eigenvalue weighted by molar-refractivity contribution is 6.29. The number of hydrogen-bond acceptors (Lipinski definition) is 8. The number of halogens is 1. The van der Waals surface area contributed by atoms with E-state index in [2.05, 4.69) is 20.6 Å². The number of aromatic nitrogens is 2. The summed E-state index contributed by atoms with van der Waals surface area (Å²) in [4.78, 5) is 8.73. The van der Waals surface area contributed by atoms with Crippen LogP contribution in [0, 0.1) is 0 Å². The third-order valence-corrected chi connectivity index (χ3v) is 4.50. The summed E-state index contributed by atoms with van der Waals surface area (Å²) in [6, 6.07) is 12.8. The lowest BCUT2D eigenvalue weighted by Crippen LogP contribution is -2.15. The van der Waals surface area contributed by atoms with Crippen LogP contribution in [0.1, 0.15) is 0 Å². The van der Waals surface area contributed by atoms with Crippen molar-refractivity contribution in [2.24, 2.45) is 0 Å². The maximum Gasteiger partial charge on any atom is 0.230 e. The number of nitrogens with zero attached hydrogens (tertiary/aromatic N) is 2. The van der Waals surface area contributed by atoms with Gasteiger partial charge in [-0.1, -0.05) is 11.6 Å². The average Bonchev–Trinajstić information content (AvgIpc) is 2.73. The zero-order chi connectivity index (χ0) is 19.6. The Morgan fingerprint density at radius 3 is 1.83 bits per heavy atom. The minimum absolute atomic E-state index is 0.306. The van der Waals surface area contributed by atoms with Crippen molar-refractivity contribution in [2.45, 2.75) is 0 Å². The number of fused-ring (bicyclic) bond motifs is 2. The minimum atomic E-state index is 0.306. The topological polar surface area (TPSA) is 86.8 Å². The quantitative estimate of drug-likeness (QED) is 0.618. The number of benzene rings is 2. The van der Waals surface area contributed by atoms with Crippen LogP contribution >= 0.6 is 11.6 Å². The molecule has 3 heterocycles. The van der Waals surface area contributed by atoms with Crippen LogP contribution in [0.2, 0.25) is 5.15 Å². The van der Waals surface area contributed by atoms with E-state index in [1.54, 1.807) is 6.07 Å². The van der Waals surface area contributed by atoms with Crippen LogP contribution < -0.4 is 29.6 Å². The lowest BCUT2D eigenvalue weighted by molar-refractivity contribution is 0.171. The molecule has 3 aromatic rings. The van der Waals surface area contributed by atoms with Crippen molar-refractivity contribution in [3.05, 3.63) is 47.6 Å². The Morgan fingerprint density at radius 1 is 0.655 bits per heavy atom. The summed E-state index contributed by atoms with van der Waals surface area (Å²) < 4.78 is 22.3. The van der Waals surface area contributed by atoms with E-state index in [0.29, 0.717) is 54.8 Å². The van der Waals surface area contributed by atoms with Crippen LogP contribution in [0.5, 0.6) is 23.0 Å². The van der Waals surface area contributed by atoms with Gasteiger partial charge in [-0.05, 0) is 24.3 Å². The molecule has 148 valence electrons. The van der Waals surface area contributed by atoms with Gasteiger partial charge >= 0.3 is 0 Å². The second kappa shape index (κ2) is 7.56. The highest BCUT2D eigenvalue weighted by Crippen LogP contribution is 2.35. The summed E-state index contributed by atoms with van der Waals surface area (Å²) >= 11 is 6.19.